The molecule has 102 valence electrons. The first-order valence-electron chi connectivity index (χ1n) is 6.37. The van der Waals surface area contributed by atoms with Crippen LogP contribution in [0.25, 0.3) is 0 Å². The van der Waals surface area contributed by atoms with E-state index in [1.54, 1.807) is 6.92 Å². The lowest BCUT2D eigenvalue weighted by molar-refractivity contribution is -0.154. The minimum Gasteiger partial charge on any atom is -0.494 e. The van der Waals surface area contributed by atoms with Crippen molar-refractivity contribution in [2.24, 2.45) is 5.16 Å². The SMILES string of the molecule is CCOC(=O)C1CC(c2ccc(OCC)cc2)=NO1. The maximum Gasteiger partial charge on any atom is 0.350 e. The molecular formula is C14H17NO4. The minimum atomic E-state index is -0.624. The van der Waals surface area contributed by atoms with E-state index in [1.807, 2.05) is 31.2 Å². The zero-order chi connectivity index (χ0) is 13.7. The molecule has 0 amide bonds. The lowest BCUT2D eigenvalue weighted by Gasteiger charge is -2.06. The third kappa shape index (κ3) is 3.24. The van der Waals surface area contributed by atoms with Crippen LogP contribution >= 0.6 is 0 Å². The molecule has 5 nitrogen and oxygen atoms in total. The molecular weight excluding hydrogens is 246 g/mol. The number of ether oxygens (including phenoxy) is 2. The Morgan fingerprint density at radius 1 is 1.32 bits per heavy atom. The number of benzene rings is 1. The van der Waals surface area contributed by atoms with Gasteiger partial charge in [-0.1, -0.05) is 5.16 Å². The molecule has 0 radical (unpaired) electrons. The van der Waals surface area contributed by atoms with E-state index in [1.165, 1.54) is 0 Å². The van der Waals surface area contributed by atoms with Crippen LogP contribution in [0.3, 0.4) is 0 Å². The van der Waals surface area contributed by atoms with E-state index >= 15 is 0 Å². The smallest absolute Gasteiger partial charge is 0.350 e. The van der Waals surface area contributed by atoms with Gasteiger partial charge >= 0.3 is 5.97 Å². The van der Waals surface area contributed by atoms with E-state index in [0.29, 0.717) is 19.6 Å². The summed E-state index contributed by atoms with van der Waals surface area (Å²) >= 11 is 0. The highest BCUT2D eigenvalue weighted by Gasteiger charge is 2.29. The molecule has 0 aromatic heterocycles. The lowest BCUT2D eigenvalue weighted by atomic mass is 10.1. The fraction of sp³-hybridized carbons (Fsp3) is 0.429. The first-order valence-corrected chi connectivity index (χ1v) is 6.37. The first-order chi connectivity index (χ1) is 9.24. The Balaban J connectivity index is 1.98. The fourth-order valence-corrected chi connectivity index (χ4v) is 1.82. The monoisotopic (exact) mass is 263 g/mol. The van der Waals surface area contributed by atoms with Crippen molar-refractivity contribution < 1.29 is 19.1 Å². The molecule has 0 saturated carbocycles. The number of esters is 1. The number of carbonyl (C=O) groups excluding carboxylic acids is 1. The molecule has 5 heteroatoms. The summed E-state index contributed by atoms with van der Waals surface area (Å²) in [6, 6.07) is 7.56. The number of hydrogen-bond acceptors (Lipinski definition) is 5. The van der Waals surface area contributed by atoms with Crippen LogP contribution in [0.15, 0.2) is 29.4 Å². The molecule has 2 rings (SSSR count). The normalized spacial score (nSPS) is 17.6. The molecule has 0 bridgehead atoms. The second-order valence-electron chi connectivity index (χ2n) is 4.05. The average Bonchev–Trinajstić information content (AvgIpc) is 2.90. The Hall–Kier alpha value is -2.04. The van der Waals surface area contributed by atoms with Crippen LogP contribution in [0.1, 0.15) is 25.8 Å². The number of nitrogens with zero attached hydrogens (tertiary/aromatic N) is 1. The van der Waals surface area contributed by atoms with Crippen LogP contribution in [0, 0.1) is 0 Å². The standard InChI is InChI=1S/C14H17NO4/c1-3-17-11-7-5-10(6-8-11)12-9-13(19-15-12)14(16)18-4-2/h5-8,13H,3-4,9H2,1-2H3. The van der Waals surface area contributed by atoms with Gasteiger partial charge in [0.2, 0.25) is 6.10 Å². The summed E-state index contributed by atoms with van der Waals surface area (Å²) in [4.78, 5) is 16.6. The van der Waals surface area contributed by atoms with E-state index < -0.39 is 6.10 Å². The molecule has 1 aliphatic rings. The minimum absolute atomic E-state index is 0.344. The van der Waals surface area contributed by atoms with Crippen LogP contribution in [0.2, 0.25) is 0 Å². The predicted octanol–water partition coefficient (Wildman–Crippen LogP) is 2.14. The summed E-state index contributed by atoms with van der Waals surface area (Å²) in [6.07, 6.45) is -0.186. The molecule has 0 saturated heterocycles. The van der Waals surface area contributed by atoms with Crippen LogP contribution in [-0.2, 0) is 14.4 Å². The van der Waals surface area contributed by atoms with Crippen molar-refractivity contribution in [3.05, 3.63) is 29.8 Å². The molecule has 0 spiro atoms. The molecule has 19 heavy (non-hydrogen) atoms. The van der Waals surface area contributed by atoms with Gasteiger partial charge < -0.3 is 14.3 Å². The topological polar surface area (TPSA) is 57.1 Å². The van der Waals surface area contributed by atoms with Gasteiger partial charge in [-0.15, -0.1) is 0 Å². The van der Waals surface area contributed by atoms with Gasteiger partial charge in [-0.2, -0.15) is 0 Å². The number of hydrogen-bond donors (Lipinski definition) is 0. The van der Waals surface area contributed by atoms with Gasteiger partial charge in [0.1, 0.15) is 5.75 Å². The summed E-state index contributed by atoms with van der Waals surface area (Å²) < 4.78 is 10.3. The lowest BCUT2D eigenvalue weighted by Crippen LogP contribution is -2.23. The maximum absolute atomic E-state index is 11.5. The predicted molar refractivity (Wildman–Crippen MR) is 70.3 cm³/mol. The third-order valence-corrected chi connectivity index (χ3v) is 2.72. The van der Waals surface area contributed by atoms with Crippen LogP contribution in [-0.4, -0.2) is 31.0 Å². The summed E-state index contributed by atoms with van der Waals surface area (Å²) in [5, 5.41) is 3.94. The molecule has 1 aromatic carbocycles. The Morgan fingerprint density at radius 3 is 2.68 bits per heavy atom. The van der Waals surface area contributed by atoms with E-state index in [0.717, 1.165) is 17.0 Å². The van der Waals surface area contributed by atoms with E-state index in [2.05, 4.69) is 5.16 Å². The van der Waals surface area contributed by atoms with Crippen molar-refractivity contribution in [3.8, 4) is 5.75 Å². The summed E-state index contributed by atoms with van der Waals surface area (Å²) in [6.45, 7) is 4.68. The third-order valence-electron chi connectivity index (χ3n) is 2.72. The molecule has 0 fully saturated rings. The number of oxime groups is 1. The largest absolute Gasteiger partial charge is 0.494 e. The van der Waals surface area contributed by atoms with Gasteiger partial charge in [0.15, 0.2) is 0 Å². The van der Waals surface area contributed by atoms with Crippen molar-refractivity contribution in [2.45, 2.75) is 26.4 Å². The average molecular weight is 263 g/mol. The molecule has 1 heterocycles. The Morgan fingerprint density at radius 2 is 2.05 bits per heavy atom. The van der Waals surface area contributed by atoms with Gasteiger partial charge in [0.25, 0.3) is 0 Å². The van der Waals surface area contributed by atoms with Gasteiger partial charge in [0.05, 0.1) is 18.9 Å². The highest BCUT2D eigenvalue weighted by molar-refractivity contribution is 6.03. The molecule has 1 unspecified atom stereocenters. The van der Waals surface area contributed by atoms with Crippen molar-refractivity contribution >= 4 is 11.7 Å². The van der Waals surface area contributed by atoms with Crippen LogP contribution in [0.5, 0.6) is 5.75 Å². The molecule has 1 aliphatic heterocycles. The van der Waals surface area contributed by atoms with Crippen molar-refractivity contribution in [3.63, 3.8) is 0 Å². The van der Waals surface area contributed by atoms with Gasteiger partial charge in [0, 0.05) is 6.42 Å². The van der Waals surface area contributed by atoms with Gasteiger partial charge in [-0.3, -0.25) is 0 Å². The van der Waals surface area contributed by atoms with Crippen LogP contribution in [0.4, 0.5) is 0 Å². The molecule has 0 aliphatic carbocycles. The summed E-state index contributed by atoms with van der Waals surface area (Å²) in [5.41, 5.74) is 1.68. The van der Waals surface area contributed by atoms with E-state index in [-0.39, 0.29) is 5.97 Å². The highest BCUT2D eigenvalue weighted by atomic mass is 16.7. The van der Waals surface area contributed by atoms with Gasteiger partial charge in [-0.05, 0) is 43.7 Å². The Labute approximate surface area is 112 Å². The number of rotatable bonds is 5. The van der Waals surface area contributed by atoms with Gasteiger partial charge in [-0.25, -0.2) is 4.79 Å². The molecule has 1 aromatic rings. The van der Waals surface area contributed by atoms with Crippen molar-refractivity contribution in [1.82, 2.24) is 0 Å². The maximum atomic E-state index is 11.5. The first kappa shape index (κ1) is 13.4. The van der Waals surface area contributed by atoms with E-state index in [4.69, 9.17) is 14.3 Å². The highest BCUT2D eigenvalue weighted by Crippen LogP contribution is 2.20. The summed E-state index contributed by atoms with van der Waals surface area (Å²) in [5.74, 6) is 0.444. The Kier molecular flexibility index (Phi) is 4.39. The second kappa shape index (κ2) is 6.22. The zero-order valence-electron chi connectivity index (χ0n) is 11.1. The zero-order valence-corrected chi connectivity index (χ0v) is 11.1. The van der Waals surface area contributed by atoms with Crippen molar-refractivity contribution in [1.29, 1.82) is 0 Å². The van der Waals surface area contributed by atoms with Crippen molar-refractivity contribution in [2.75, 3.05) is 13.2 Å². The number of carbonyl (C=O) groups is 1. The van der Waals surface area contributed by atoms with Crippen LogP contribution < -0.4 is 4.74 Å². The molecule has 1 atom stereocenters. The Bertz CT molecular complexity index is 467. The molecule has 0 N–H and O–H groups in total. The fourth-order valence-electron chi connectivity index (χ4n) is 1.82. The van der Waals surface area contributed by atoms with E-state index in [9.17, 15) is 4.79 Å². The second-order valence-corrected chi connectivity index (χ2v) is 4.05. The summed E-state index contributed by atoms with van der Waals surface area (Å²) in [7, 11) is 0. The quantitative estimate of drug-likeness (QED) is 0.764.